The molecule has 0 aliphatic carbocycles. The summed E-state index contributed by atoms with van der Waals surface area (Å²) < 4.78 is 19.8. The summed E-state index contributed by atoms with van der Waals surface area (Å²) >= 11 is 3.33. The molecular formula is C14H12BrFN2O3. The van der Waals surface area contributed by atoms with E-state index in [9.17, 15) is 14.5 Å². The number of rotatable bonds is 5. The molecule has 0 radical (unpaired) electrons. The van der Waals surface area contributed by atoms with Crippen LogP contribution in [0.4, 0.5) is 10.1 Å². The Balaban J connectivity index is 2.18. The quantitative estimate of drug-likeness (QED) is 0.657. The van der Waals surface area contributed by atoms with E-state index >= 15 is 0 Å². The standard InChI is InChI=1S/C14H12BrFN2O3/c15-11-1-2-14(10(5-11)7-17)21-8-9-3-12(16)6-13(4-9)18(19)20/h1-6H,7-8,17H2. The van der Waals surface area contributed by atoms with Crippen LogP contribution in [0.1, 0.15) is 11.1 Å². The van der Waals surface area contributed by atoms with Crippen molar-refractivity contribution in [2.24, 2.45) is 5.73 Å². The van der Waals surface area contributed by atoms with Crippen LogP contribution >= 0.6 is 15.9 Å². The summed E-state index contributed by atoms with van der Waals surface area (Å²) in [5.74, 6) is -0.106. The molecule has 0 spiro atoms. The minimum atomic E-state index is -0.669. The zero-order chi connectivity index (χ0) is 15.4. The highest BCUT2D eigenvalue weighted by Crippen LogP contribution is 2.24. The smallest absolute Gasteiger partial charge is 0.272 e. The number of nitro benzene ring substituents is 1. The van der Waals surface area contributed by atoms with Crippen molar-refractivity contribution in [1.29, 1.82) is 0 Å². The Labute approximate surface area is 128 Å². The molecular weight excluding hydrogens is 343 g/mol. The van der Waals surface area contributed by atoms with Crippen LogP contribution in [-0.4, -0.2) is 4.92 Å². The first-order valence-electron chi connectivity index (χ1n) is 6.04. The van der Waals surface area contributed by atoms with Gasteiger partial charge in [0.2, 0.25) is 0 Å². The van der Waals surface area contributed by atoms with Crippen LogP contribution in [0.25, 0.3) is 0 Å². The van der Waals surface area contributed by atoms with Crippen molar-refractivity contribution < 1.29 is 14.1 Å². The molecule has 0 saturated carbocycles. The molecule has 0 heterocycles. The lowest BCUT2D eigenvalue weighted by Crippen LogP contribution is -2.03. The van der Waals surface area contributed by atoms with E-state index in [0.29, 0.717) is 11.3 Å². The summed E-state index contributed by atoms with van der Waals surface area (Å²) in [7, 11) is 0. The number of ether oxygens (including phenoxy) is 1. The highest BCUT2D eigenvalue weighted by molar-refractivity contribution is 9.10. The van der Waals surface area contributed by atoms with E-state index < -0.39 is 10.7 Å². The predicted molar refractivity (Wildman–Crippen MR) is 79.4 cm³/mol. The third kappa shape index (κ3) is 3.99. The minimum Gasteiger partial charge on any atom is -0.489 e. The molecule has 0 saturated heterocycles. The monoisotopic (exact) mass is 354 g/mol. The summed E-state index contributed by atoms with van der Waals surface area (Å²) in [6.45, 7) is 0.311. The largest absolute Gasteiger partial charge is 0.489 e. The number of nitro groups is 1. The lowest BCUT2D eigenvalue weighted by atomic mass is 10.2. The van der Waals surface area contributed by atoms with Crippen molar-refractivity contribution in [3.8, 4) is 5.75 Å². The minimum absolute atomic E-state index is 0.0211. The van der Waals surface area contributed by atoms with Crippen LogP contribution in [0, 0.1) is 15.9 Å². The van der Waals surface area contributed by atoms with Crippen molar-refractivity contribution in [1.82, 2.24) is 0 Å². The van der Waals surface area contributed by atoms with Crippen molar-refractivity contribution in [2.75, 3.05) is 0 Å². The average Bonchev–Trinajstić information content (AvgIpc) is 2.45. The lowest BCUT2D eigenvalue weighted by Gasteiger charge is -2.11. The Bertz CT molecular complexity index is 679. The molecule has 0 aliphatic rings. The molecule has 0 fully saturated rings. The van der Waals surface area contributed by atoms with Gasteiger partial charge in [-0.3, -0.25) is 10.1 Å². The molecule has 2 aromatic rings. The second kappa shape index (κ2) is 6.64. The first kappa shape index (κ1) is 15.4. The van der Waals surface area contributed by atoms with Crippen molar-refractivity contribution in [2.45, 2.75) is 13.2 Å². The number of benzene rings is 2. The van der Waals surface area contributed by atoms with Gasteiger partial charge in [-0.1, -0.05) is 15.9 Å². The van der Waals surface area contributed by atoms with Crippen molar-refractivity contribution in [3.05, 3.63) is 67.9 Å². The van der Waals surface area contributed by atoms with Gasteiger partial charge in [0.25, 0.3) is 5.69 Å². The van der Waals surface area contributed by atoms with Gasteiger partial charge >= 0.3 is 0 Å². The molecule has 7 heteroatoms. The van der Waals surface area contributed by atoms with Crippen LogP contribution in [0.2, 0.25) is 0 Å². The molecule has 0 atom stereocenters. The van der Waals surface area contributed by atoms with E-state index in [2.05, 4.69) is 15.9 Å². The van der Waals surface area contributed by atoms with Gasteiger partial charge in [0.1, 0.15) is 18.2 Å². The molecule has 0 bridgehead atoms. The topological polar surface area (TPSA) is 78.4 Å². The fraction of sp³-hybridized carbons (Fsp3) is 0.143. The second-order valence-corrected chi connectivity index (χ2v) is 5.24. The summed E-state index contributed by atoms with van der Waals surface area (Å²) in [6.07, 6.45) is 0. The Morgan fingerprint density at radius 2 is 2.05 bits per heavy atom. The highest BCUT2D eigenvalue weighted by atomic mass is 79.9. The average molecular weight is 355 g/mol. The molecule has 0 amide bonds. The van der Waals surface area contributed by atoms with Gasteiger partial charge in [-0.05, 0) is 29.8 Å². The Kier molecular flexibility index (Phi) is 4.87. The van der Waals surface area contributed by atoms with E-state index in [1.807, 2.05) is 6.07 Å². The number of nitrogens with two attached hydrogens (primary N) is 1. The molecule has 0 unspecified atom stereocenters. The predicted octanol–water partition coefficient (Wildman–Crippen LogP) is 3.53. The maximum atomic E-state index is 13.3. The van der Waals surface area contributed by atoms with Crippen molar-refractivity contribution in [3.63, 3.8) is 0 Å². The molecule has 110 valence electrons. The van der Waals surface area contributed by atoms with Crippen LogP contribution in [0.5, 0.6) is 5.75 Å². The van der Waals surface area contributed by atoms with Crippen LogP contribution < -0.4 is 10.5 Å². The lowest BCUT2D eigenvalue weighted by molar-refractivity contribution is -0.385. The maximum absolute atomic E-state index is 13.3. The zero-order valence-corrected chi connectivity index (χ0v) is 12.5. The Morgan fingerprint density at radius 1 is 1.29 bits per heavy atom. The SMILES string of the molecule is NCc1cc(Br)ccc1OCc1cc(F)cc([N+](=O)[O-])c1. The number of halogens is 2. The van der Waals surface area contributed by atoms with Crippen LogP contribution in [0.15, 0.2) is 40.9 Å². The van der Waals surface area contributed by atoms with Gasteiger partial charge in [-0.2, -0.15) is 0 Å². The summed E-state index contributed by atoms with van der Waals surface area (Å²) in [5.41, 5.74) is 6.49. The van der Waals surface area contributed by atoms with Gasteiger partial charge < -0.3 is 10.5 Å². The third-order valence-electron chi connectivity index (χ3n) is 2.79. The van der Waals surface area contributed by atoms with Gasteiger partial charge in [0.05, 0.1) is 11.0 Å². The molecule has 2 aromatic carbocycles. The molecule has 2 N–H and O–H groups in total. The van der Waals surface area contributed by atoms with Gasteiger partial charge in [0.15, 0.2) is 0 Å². The fourth-order valence-corrected chi connectivity index (χ4v) is 2.24. The zero-order valence-electron chi connectivity index (χ0n) is 10.9. The number of hydrogen-bond donors (Lipinski definition) is 1. The summed E-state index contributed by atoms with van der Waals surface area (Å²) in [5, 5.41) is 10.7. The molecule has 21 heavy (non-hydrogen) atoms. The van der Waals surface area contributed by atoms with Crippen LogP contribution in [0.3, 0.4) is 0 Å². The number of non-ortho nitro benzene ring substituents is 1. The van der Waals surface area contributed by atoms with Gasteiger partial charge in [-0.15, -0.1) is 0 Å². The summed E-state index contributed by atoms with van der Waals surface area (Å²) in [4.78, 5) is 10.1. The van der Waals surface area contributed by atoms with Gasteiger partial charge in [-0.25, -0.2) is 4.39 Å². The molecule has 0 aliphatic heterocycles. The Hall–Kier alpha value is -1.99. The normalized spacial score (nSPS) is 10.4. The van der Waals surface area contributed by atoms with Crippen molar-refractivity contribution >= 4 is 21.6 Å². The van der Waals surface area contributed by atoms with E-state index in [4.69, 9.17) is 10.5 Å². The third-order valence-corrected chi connectivity index (χ3v) is 3.28. The molecule has 0 aromatic heterocycles. The first-order chi connectivity index (χ1) is 9.99. The second-order valence-electron chi connectivity index (χ2n) is 4.32. The fourth-order valence-electron chi connectivity index (χ4n) is 1.83. The van der Waals surface area contributed by atoms with E-state index in [1.165, 1.54) is 12.1 Å². The Morgan fingerprint density at radius 3 is 2.71 bits per heavy atom. The molecule has 2 rings (SSSR count). The van der Waals surface area contributed by atoms with E-state index in [0.717, 1.165) is 16.1 Å². The highest BCUT2D eigenvalue weighted by Gasteiger charge is 2.11. The number of nitrogens with zero attached hydrogens (tertiary/aromatic N) is 1. The van der Waals surface area contributed by atoms with E-state index in [-0.39, 0.29) is 18.8 Å². The summed E-state index contributed by atoms with van der Waals surface area (Å²) in [6, 6.07) is 8.71. The van der Waals surface area contributed by atoms with Gasteiger partial charge in [0, 0.05) is 22.6 Å². The first-order valence-corrected chi connectivity index (χ1v) is 6.84. The maximum Gasteiger partial charge on any atom is 0.272 e. The number of hydrogen-bond acceptors (Lipinski definition) is 4. The molecule has 5 nitrogen and oxygen atoms in total. The van der Waals surface area contributed by atoms with Crippen LogP contribution in [-0.2, 0) is 13.2 Å². The van der Waals surface area contributed by atoms with E-state index in [1.54, 1.807) is 12.1 Å².